The zero-order valence-corrected chi connectivity index (χ0v) is 17.0. The predicted molar refractivity (Wildman–Crippen MR) is 110 cm³/mol. The number of carbonyl (C=O) groups is 1. The van der Waals surface area contributed by atoms with Crippen LogP contribution in [-0.4, -0.2) is 26.0 Å². The molecule has 1 atom stereocenters. The molecule has 3 aromatic rings. The highest BCUT2D eigenvalue weighted by atomic mass is 32.2. The van der Waals surface area contributed by atoms with Gasteiger partial charge in [-0.05, 0) is 63.1 Å². The summed E-state index contributed by atoms with van der Waals surface area (Å²) in [7, 11) is 0. The number of thioether (sulfide) groups is 1. The van der Waals surface area contributed by atoms with Crippen molar-refractivity contribution in [2.75, 3.05) is 11.2 Å². The van der Waals surface area contributed by atoms with E-state index in [-0.39, 0.29) is 11.7 Å². The van der Waals surface area contributed by atoms with E-state index in [2.05, 4.69) is 15.5 Å². The van der Waals surface area contributed by atoms with Gasteiger partial charge in [0.05, 0.1) is 5.25 Å². The zero-order chi connectivity index (χ0) is 20.4. The van der Waals surface area contributed by atoms with Gasteiger partial charge in [0.25, 0.3) is 0 Å². The van der Waals surface area contributed by atoms with Crippen LogP contribution in [-0.2, 0) is 4.79 Å². The van der Waals surface area contributed by atoms with Crippen molar-refractivity contribution in [2.45, 2.75) is 38.1 Å². The Labute approximate surface area is 167 Å². The zero-order valence-electron chi connectivity index (χ0n) is 16.2. The molecule has 0 saturated heterocycles. The molecule has 1 unspecified atom stereocenters. The maximum Gasteiger partial charge on any atom is 0.237 e. The average Bonchev–Trinajstić information content (AvgIpc) is 2.99. The molecular weight excluding hydrogens is 377 g/mol. The van der Waals surface area contributed by atoms with Crippen molar-refractivity contribution in [1.29, 1.82) is 0 Å². The number of carbonyl (C=O) groups excluding carboxylic acids is 1. The predicted octanol–water partition coefficient (Wildman–Crippen LogP) is 3.84. The molecule has 0 fully saturated rings. The van der Waals surface area contributed by atoms with Crippen LogP contribution in [0.5, 0.6) is 0 Å². The smallest absolute Gasteiger partial charge is 0.237 e. The molecule has 0 radical (unpaired) electrons. The second kappa shape index (κ2) is 8.02. The second-order valence-corrected chi connectivity index (χ2v) is 8.01. The van der Waals surface area contributed by atoms with Gasteiger partial charge in [0.15, 0.2) is 5.82 Å². The van der Waals surface area contributed by atoms with Gasteiger partial charge in [0, 0.05) is 11.3 Å². The lowest BCUT2D eigenvalue weighted by Crippen LogP contribution is -2.24. The van der Waals surface area contributed by atoms with Crippen LogP contribution < -0.4 is 11.2 Å². The fourth-order valence-corrected chi connectivity index (χ4v) is 3.74. The van der Waals surface area contributed by atoms with Crippen LogP contribution in [0.15, 0.2) is 41.6 Å². The summed E-state index contributed by atoms with van der Waals surface area (Å²) < 4.78 is 14.4. The van der Waals surface area contributed by atoms with Gasteiger partial charge < -0.3 is 11.2 Å². The molecule has 0 aliphatic heterocycles. The first kappa shape index (κ1) is 19.9. The Bertz CT molecular complexity index is 993. The van der Waals surface area contributed by atoms with Crippen molar-refractivity contribution in [2.24, 2.45) is 0 Å². The van der Waals surface area contributed by atoms with Gasteiger partial charge in [0.1, 0.15) is 5.82 Å². The van der Waals surface area contributed by atoms with Crippen LogP contribution in [0.25, 0.3) is 11.4 Å². The van der Waals surface area contributed by atoms with E-state index in [0.717, 1.165) is 22.4 Å². The minimum atomic E-state index is -0.437. The fraction of sp³-hybridized carbons (Fsp3) is 0.250. The summed E-state index contributed by atoms with van der Waals surface area (Å²) in [5.74, 6) is 6.00. The number of hydrogen-bond acceptors (Lipinski definition) is 5. The van der Waals surface area contributed by atoms with Crippen LogP contribution in [0.3, 0.4) is 0 Å². The van der Waals surface area contributed by atoms with E-state index < -0.39 is 5.25 Å². The third-order valence-electron chi connectivity index (χ3n) is 4.34. The molecule has 0 bridgehead atoms. The van der Waals surface area contributed by atoms with E-state index in [0.29, 0.717) is 16.5 Å². The Hall–Kier alpha value is -2.87. The van der Waals surface area contributed by atoms with E-state index in [1.54, 1.807) is 19.1 Å². The van der Waals surface area contributed by atoms with E-state index in [4.69, 9.17) is 5.84 Å². The van der Waals surface area contributed by atoms with Crippen molar-refractivity contribution in [1.82, 2.24) is 14.9 Å². The summed E-state index contributed by atoms with van der Waals surface area (Å²) >= 11 is 1.21. The summed E-state index contributed by atoms with van der Waals surface area (Å²) in [5.41, 5.74) is 4.66. The first-order valence-corrected chi connectivity index (χ1v) is 9.66. The molecule has 8 heteroatoms. The number of amides is 1. The summed E-state index contributed by atoms with van der Waals surface area (Å²) in [6, 6.07) is 9.89. The van der Waals surface area contributed by atoms with Crippen molar-refractivity contribution in [3.63, 3.8) is 0 Å². The SMILES string of the molecule is Cc1cc(C)c(NC(=O)C(C)Sc2nnc(-c3ccc(F)cc3)n2N)c(C)c1. The molecule has 3 N–H and O–H groups in total. The van der Waals surface area contributed by atoms with Crippen molar-refractivity contribution < 1.29 is 9.18 Å². The normalized spacial score (nSPS) is 12.0. The topological polar surface area (TPSA) is 85.8 Å². The fourth-order valence-electron chi connectivity index (χ4n) is 2.97. The number of aromatic nitrogens is 3. The highest BCUT2D eigenvalue weighted by Crippen LogP contribution is 2.27. The molecule has 146 valence electrons. The summed E-state index contributed by atoms with van der Waals surface area (Å²) in [6.45, 7) is 7.75. The molecule has 0 aliphatic carbocycles. The lowest BCUT2D eigenvalue weighted by molar-refractivity contribution is -0.115. The number of nitrogens with one attached hydrogen (secondary N) is 1. The first-order chi connectivity index (χ1) is 13.3. The minimum Gasteiger partial charge on any atom is -0.335 e. The van der Waals surface area contributed by atoms with Crippen LogP contribution >= 0.6 is 11.8 Å². The van der Waals surface area contributed by atoms with E-state index in [1.807, 2.05) is 32.9 Å². The monoisotopic (exact) mass is 399 g/mol. The lowest BCUT2D eigenvalue weighted by atomic mass is 10.1. The first-order valence-electron chi connectivity index (χ1n) is 8.78. The van der Waals surface area contributed by atoms with Crippen LogP contribution in [0.1, 0.15) is 23.6 Å². The summed E-state index contributed by atoms with van der Waals surface area (Å²) in [5, 5.41) is 11.1. The standard InChI is InChI=1S/C20H22FN5OS/c1-11-9-12(2)17(13(3)10-11)23-19(27)14(4)28-20-25-24-18(26(20)22)15-5-7-16(21)8-6-15/h5-10,14H,22H2,1-4H3,(H,23,27). The van der Waals surface area contributed by atoms with Gasteiger partial charge in [-0.1, -0.05) is 29.5 Å². The van der Waals surface area contributed by atoms with Gasteiger partial charge in [-0.2, -0.15) is 0 Å². The number of nitrogens with zero attached hydrogens (tertiary/aromatic N) is 3. The Morgan fingerprint density at radius 2 is 1.75 bits per heavy atom. The molecule has 1 heterocycles. The van der Waals surface area contributed by atoms with Crippen molar-refractivity contribution in [3.05, 3.63) is 58.9 Å². The third kappa shape index (κ3) is 4.17. The number of anilines is 1. The Kier molecular flexibility index (Phi) is 5.69. The van der Waals surface area contributed by atoms with Crippen LogP contribution in [0.2, 0.25) is 0 Å². The van der Waals surface area contributed by atoms with E-state index >= 15 is 0 Å². The molecule has 1 aromatic heterocycles. The highest BCUT2D eigenvalue weighted by molar-refractivity contribution is 8.00. The van der Waals surface area contributed by atoms with Crippen molar-refractivity contribution >= 4 is 23.4 Å². The molecule has 1 amide bonds. The number of benzene rings is 2. The van der Waals surface area contributed by atoms with E-state index in [9.17, 15) is 9.18 Å². The van der Waals surface area contributed by atoms with Gasteiger partial charge >= 0.3 is 0 Å². The van der Waals surface area contributed by atoms with Gasteiger partial charge in [-0.15, -0.1) is 10.2 Å². The maximum absolute atomic E-state index is 13.1. The highest BCUT2D eigenvalue weighted by Gasteiger charge is 2.21. The number of nitrogens with two attached hydrogens (primary N) is 1. The maximum atomic E-state index is 13.1. The molecule has 2 aromatic carbocycles. The minimum absolute atomic E-state index is 0.147. The largest absolute Gasteiger partial charge is 0.335 e. The molecule has 3 rings (SSSR count). The summed E-state index contributed by atoms with van der Waals surface area (Å²) in [4.78, 5) is 12.7. The summed E-state index contributed by atoms with van der Waals surface area (Å²) in [6.07, 6.45) is 0. The number of rotatable bonds is 5. The van der Waals surface area contributed by atoms with Crippen LogP contribution in [0, 0.1) is 26.6 Å². The molecule has 0 aliphatic rings. The number of aryl methyl sites for hydroxylation is 3. The second-order valence-electron chi connectivity index (χ2n) is 6.71. The molecule has 0 saturated carbocycles. The van der Waals surface area contributed by atoms with Gasteiger partial charge in [0.2, 0.25) is 11.1 Å². The molecule has 6 nitrogen and oxygen atoms in total. The van der Waals surface area contributed by atoms with E-state index in [1.165, 1.54) is 28.6 Å². The number of halogens is 1. The number of nitrogen functional groups attached to an aromatic ring is 1. The molecule has 0 spiro atoms. The number of hydrogen-bond donors (Lipinski definition) is 2. The molecular formula is C20H22FN5OS. The molecule has 28 heavy (non-hydrogen) atoms. The quantitative estimate of drug-likeness (QED) is 0.503. The Balaban J connectivity index is 1.74. The Morgan fingerprint density at radius 3 is 2.36 bits per heavy atom. The van der Waals surface area contributed by atoms with Gasteiger partial charge in [-0.25, -0.2) is 9.07 Å². The van der Waals surface area contributed by atoms with Gasteiger partial charge in [-0.3, -0.25) is 4.79 Å². The average molecular weight is 399 g/mol. The van der Waals surface area contributed by atoms with Crippen molar-refractivity contribution in [3.8, 4) is 11.4 Å². The lowest BCUT2D eigenvalue weighted by Gasteiger charge is -2.16. The van der Waals surface area contributed by atoms with Crippen LogP contribution in [0.4, 0.5) is 10.1 Å². The third-order valence-corrected chi connectivity index (χ3v) is 5.40. The Morgan fingerprint density at radius 1 is 1.14 bits per heavy atom.